The Hall–Kier alpha value is -2.10. The zero-order chi connectivity index (χ0) is 23.7. The molecule has 0 bridgehead atoms. The van der Waals surface area contributed by atoms with Crippen LogP contribution < -0.4 is 0 Å². The minimum Gasteiger partial charge on any atom is -0.460 e. The van der Waals surface area contributed by atoms with Gasteiger partial charge in [0.15, 0.2) is 6.29 Å². The number of ether oxygens (including phenoxy) is 5. The minimum absolute atomic E-state index is 0.172. The van der Waals surface area contributed by atoms with E-state index in [4.69, 9.17) is 23.7 Å². The van der Waals surface area contributed by atoms with E-state index in [1.807, 2.05) is 61.5 Å². The summed E-state index contributed by atoms with van der Waals surface area (Å²) in [6.45, 7) is 3.79. The largest absolute Gasteiger partial charge is 0.460 e. The maximum absolute atomic E-state index is 13.1. The molecule has 0 aromatic heterocycles. The van der Waals surface area contributed by atoms with Gasteiger partial charge in [0, 0.05) is 30.2 Å². The van der Waals surface area contributed by atoms with Gasteiger partial charge in [-0.25, -0.2) is 0 Å². The fraction of sp³-hybridized carbons (Fsp3) is 0.500. The van der Waals surface area contributed by atoms with Crippen LogP contribution in [-0.4, -0.2) is 59.2 Å². The molecule has 0 saturated carbocycles. The van der Waals surface area contributed by atoms with Crippen LogP contribution in [0.25, 0.3) is 0 Å². The minimum atomic E-state index is -1.28. The average molecular weight is 487 g/mol. The number of hydrogen-bond donors (Lipinski definition) is 0. The van der Waals surface area contributed by atoms with E-state index in [0.717, 1.165) is 16.0 Å². The third-order valence-electron chi connectivity index (χ3n) is 6.57. The molecule has 3 fully saturated rings. The number of carbonyl (C=O) groups excluding carboxylic acids is 1. The Kier molecular flexibility index (Phi) is 7.13. The number of fused-ring (bicyclic) bond motifs is 2. The summed E-state index contributed by atoms with van der Waals surface area (Å²) >= 11 is 0. The first-order valence-corrected chi connectivity index (χ1v) is 13.0. The molecule has 0 aliphatic carbocycles. The molecule has 3 heterocycles. The second kappa shape index (κ2) is 10.3. The van der Waals surface area contributed by atoms with Gasteiger partial charge in [0.2, 0.25) is 0 Å². The van der Waals surface area contributed by atoms with Crippen molar-refractivity contribution in [1.29, 1.82) is 0 Å². The third kappa shape index (κ3) is 5.26. The molecule has 0 amide bonds. The van der Waals surface area contributed by atoms with Crippen molar-refractivity contribution in [3.63, 3.8) is 0 Å². The van der Waals surface area contributed by atoms with Crippen molar-refractivity contribution in [2.75, 3.05) is 12.4 Å². The Balaban J connectivity index is 1.28. The molecule has 0 spiro atoms. The van der Waals surface area contributed by atoms with Gasteiger partial charge >= 0.3 is 5.97 Å². The van der Waals surface area contributed by atoms with E-state index in [1.165, 1.54) is 6.92 Å². The number of hydrogen-bond acceptors (Lipinski definition) is 7. The lowest BCUT2D eigenvalue weighted by molar-refractivity contribution is -0.320. The second-order valence-electron chi connectivity index (χ2n) is 9.12. The summed E-state index contributed by atoms with van der Waals surface area (Å²) in [6, 6.07) is 17.4. The molecule has 7 nitrogen and oxygen atoms in total. The quantitative estimate of drug-likeness (QED) is 0.599. The van der Waals surface area contributed by atoms with Gasteiger partial charge in [-0.1, -0.05) is 48.0 Å². The molecule has 0 N–H and O–H groups in total. The molecule has 182 valence electrons. The highest BCUT2D eigenvalue weighted by atomic mass is 32.2. The molecule has 8 atom stereocenters. The molecular formula is C26H30O7S. The van der Waals surface area contributed by atoms with E-state index >= 15 is 0 Å². The van der Waals surface area contributed by atoms with E-state index in [2.05, 4.69) is 0 Å². The molecule has 3 aliphatic rings. The number of benzene rings is 2. The Bertz CT molecular complexity index is 1010. The van der Waals surface area contributed by atoms with Gasteiger partial charge in [0.05, 0.1) is 41.5 Å². The van der Waals surface area contributed by atoms with Crippen molar-refractivity contribution in [3.05, 3.63) is 65.7 Å². The number of rotatable bonds is 5. The molecule has 2 aromatic carbocycles. The summed E-state index contributed by atoms with van der Waals surface area (Å²) in [4.78, 5) is 12.5. The fourth-order valence-corrected chi connectivity index (χ4v) is 6.07. The van der Waals surface area contributed by atoms with Crippen LogP contribution in [0.2, 0.25) is 0 Å². The molecule has 3 aliphatic heterocycles. The molecule has 1 unspecified atom stereocenters. The van der Waals surface area contributed by atoms with Gasteiger partial charge in [-0.15, -0.1) is 0 Å². The van der Waals surface area contributed by atoms with Gasteiger partial charge < -0.3 is 23.7 Å². The predicted octanol–water partition coefficient (Wildman–Crippen LogP) is 3.46. The van der Waals surface area contributed by atoms with Gasteiger partial charge in [-0.05, 0) is 19.1 Å². The normalized spacial score (nSPS) is 33.9. The monoisotopic (exact) mass is 486 g/mol. The summed E-state index contributed by atoms with van der Waals surface area (Å²) in [6.07, 6.45) is -1.17. The standard InChI is InChI=1S/C26H30O7S/c1-16-8-10-19(11-9-16)34(28)15-25-23(30-17(2)27)13-20-21(32-25)12-22-24(31-20)14-29-26(33-22)18-6-4-3-5-7-18/h3-11,20-26H,12-15H2,1-2H3/t20-,21+,22-,23-,24+,25-,26+,34?/m0/s1. The predicted molar refractivity (Wildman–Crippen MR) is 125 cm³/mol. The lowest BCUT2D eigenvalue weighted by Gasteiger charge is -2.49. The molecule has 3 saturated heterocycles. The zero-order valence-electron chi connectivity index (χ0n) is 19.3. The summed E-state index contributed by atoms with van der Waals surface area (Å²) in [7, 11) is -1.28. The van der Waals surface area contributed by atoms with Crippen molar-refractivity contribution in [3.8, 4) is 0 Å². The number of aryl methyl sites for hydroxylation is 1. The lowest BCUT2D eigenvalue weighted by atomic mass is 9.90. The Morgan fingerprint density at radius 3 is 2.38 bits per heavy atom. The van der Waals surface area contributed by atoms with E-state index in [-0.39, 0.29) is 36.1 Å². The smallest absolute Gasteiger partial charge is 0.302 e. The summed E-state index contributed by atoms with van der Waals surface area (Å²) in [5.41, 5.74) is 2.07. The first-order valence-electron chi connectivity index (χ1n) is 11.7. The van der Waals surface area contributed by atoms with Crippen LogP contribution >= 0.6 is 0 Å². The van der Waals surface area contributed by atoms with Gasteiger partial charge in [-0.2, -0.15) is 0 Å². The highest BCUT2D eigenvalue weighted by Gasteiger charge is 2.49. The summed E-state index contributed by atoms with van der Waals surface area (Å²) in [5.74, 6) is -0.142. The second-order valence-corrected chi connectivity index (χ2v) is 10.6. The van der Waals surface area contributed by atoms with E-state index < -0.39 is 29.3 Å². The van der Waals surface area contributed by atoms with Crippen LogP contribution in [0, 0.1) is 6.92 Å². The third-order valence-corrected chi connectivity index (χ3v) is 8.00. The number of carbonyl (C=O) groups is 1. The topological polar surface area (TPSA) is 80.3 Å². The van der Waals surface area contributed by atoms with Crippen LogP contribution in [0.5, 0.6) is 0 Å². The van der Waals surface area contributed by atoms with Crippen LogP contribution in [0.1, 0.15) is 37.2 Å². The fourth-order valence-electron chi connectivity index (χ4n) is 4.85. The Labute approximate surface area is 202 Å². The van der Waals surface area contributed by atoms with E-state index in [9.17, 15) is 9.00 Å². The van der Waals surface area contributed by atoms with Gasteiger partial charge in [0.25, 0.3) is 0 Å². The molecule has 2 aromatic rings. The molecule has 5 rings (SSSR count). The van der Waals surface area contributed by atoms with Crippen LogP contribution in [0.3, 0.4) is 0 Å². The van der Waals surface area contributed by atoms with Crippen molar-refractivity contribution in [2.24, 2.45) is 0 Å². The van der Waals surface area contributed by atoms with E-state index in [0.29, 0.717) is 19.4 Å². The highest BCUT2D eigenvalue weighted by molar-refractivity contribution is 7.85. The first kappa shape index (κ1) is 23.6. The molecular weight excluding hydrogens is 456 g/mol. The number of esters is 1. The summed E-state index contributed by atoms with van der Waals surface area (Å²) < 4.78 is 43.5. The SMILES string of the molecule is CC(=O)O[C@H]1C[C@@H]2O[C@@H]3CO[C@@H](c4ccccc4)O[C@H]3C[C@H]2O[C@H]1CS(=O)c1ccc(C)cc1. The molecule has 34 heavy (non-hydrogen) atoms. The van der Waals surface area contributed by atoms with Crippen molar-refractivity contribution >= 4 is 16.8 Å². The maximum Gasteiger partial charge on any atom is 0.302 e. The first-order chi connectivity index (χ1) is 16.5. The molecule has 8 heteroatoms. The van der Waals surface area contributed by atoms with Gasteiger partial charge in [-0.3, -0.25) is 9.00 Å². The van der Waals surface area contributed by atoms with E-state index in [1.54, 1.807) is 0 Å². The Morgan fingerprint density at radius 1 is 0.941 bits per heavy atom. The average Bonchev–Trinajstić information content (AvgIpc) is 2.83. The van der Waals surface area contributed by atoms with Crippen molar-refractivity contribution in [1.82, 2.24) is 0 Å². The Morgan fingerprint density at radius 2 is 1.65 bits per heavy atom. The lowest BCUT2D eigenvalue weighted by Crippen LogP contribution is -2.59. The van der Waals surface area contributed by atoms with Crippen molar-refractivity contribution in [2.45, 2.75) is 74.5 Å². The van der Waals surface area contributed by atoms with Crippen LogP contribution in [-0.2, 0) is 39.3 Å². The van der Waals surface area contributed by atoms with Gasteiger partial charge in [0.1, 0.15) is 18.3 Å². The maximum atomic E-state index is 13.1. The van der Waals surface area contributed by atoms with Crippen molar-refractivity contribution < 1.29 is 32.7 Å². The molecule has 0 radical (unpaired) electrons. The van der Waals surface area contributed by atoms with Crippen LogP contribution in [0.4, 0.5) is 0 Å². The summed E-state index contributed by atoms with van der Waals surface area (Å²) in [5, 5.41) is 0. The van der Waals surface area contributed by atoms with Crippen LogP contribution in [0.15, 0.2) is 59.5 Å². The highest BCUT2D eigenvalue weighted by Crippen LogP contribution is 2.39. The zero-order valence-corrected chi connectivity index (χ0v) is 20.1.